The van der Waals surface area contributed by atoms with Crippen LogP contribution in [-0.2, 0) is 24.1 Å². The van der Waals surface area contributed by atoms with Crippen molar-refractivity contribution in [3.63, 3.8) is 0 Å². The molecule has 6 nitrogen and oxygen atoms in total. The Hall–Kier alpha value is -3.80. The van der Waals surface area contributed by atoms with Gasteiger partial charge in [-0.05, 0) is 62.4 Å². The van der Waals surface area contributed by atoms with Gasteiger partial charge in [-0.2, -0.15) is 0 Å². The van der Waals surface area contributed by atoms with Gasteiger partial charge in [-0.1, -0.05) is 79.9 Å². The second-order valence-corrected chi connectivity index (χ2v) is 9.76. The number of fused-ring (bicyclic) bond motifs is 1. The van der Waals surface area contributed by atoms with Crippen molar-refractivity contribution in [2.24, 2.45) is 0 Å². The first-order valence-electron chi connectivity index (χ1n) is 13.9. The number of carboxylic acids is 1. The van der Waals surface area contributed by atoms with E-state index in [2.05, 4.69) is 38.1 Å². The Morgan fingerprint density at radius 1 is 0.872 bits per heavy atom. The summed E-state index contributed by atoms with van der Waals surface area (Å²) in [4.78, 5) is 11.0. The van der Waals surface area contributed by atoms with Crippen LogP contribution >= 0.6 is 0 Å². The Morgan fingerprint density at radius 2 is 1.59 bits per heavy atom. The summed E-state index contributed by atoms with van der Waals surface area (Å²) in [7, 11) is 0. The maximum Gasteiger partial charge on any atom is 0.307 e. The maximum atomic E-state index is 11.0. The highest BCUT2D eigenvalue weighted by Crippen LogP contribution is 2.31. The topological polar surface area (TPSA) is 81.8 Å². The zero-order valence-electron chi connectivity index (χ0n) is 23.7. The normalized spacial score (nSPS) is 10.7. The van der Waals surface area contributed by atoms with Crippen molar-refractivity contribution in [3.8, 4) is 11.5 Å². The highest BCUT2D eigenvalue weighted by molar-refractivity contribution is 5.84. The first-order valence-corrected chi connectivity index (χ1v) is 13.9. The van der Waals surface area contributed by atoms with Crippen LogP contribution < -0.4 is 9.47 Å². The Balaban J connectivity index is 0.000000520. The highest BCUT2D eigenvalue weighted by Gasteiger charge is 2.14. The third-order valence-corrected chi connectivity index (χ3v) is 6.41. The van der Waals surface area contributed by atoms with E-state index in [9.17, 15) is 4.79 Å². The molecular weight excluding hydrogens is 490 g/mol. The lowest BCUT2D eigenvalue weighted by molar-refractivity contribution is -0.136. The average molecular weight is 532 g/mol. The van der Waals surface area contributed by atoms with Crippen molar-refractivity contribution in [1.29, 1.82) is 0 Å². The first kappa shape index (κ1) is 29.8. The van der Waals surface area contributed by atoms with Gasteiger partial charge in [0.1, 0.15) is 11.5 Å². The Bertz CT molecular complexity index is 1310. The van der Waals surface area contributed by atoms with Crippen LogP contribution in [0.3, 0.4) is 0 Å². The summed E-state index contributed by atoms with van der Waals surface area (Å²) in [6.07, 6.45) is 5.64. The number of hydrogen-bond donors (Lipinski definition) is 1. The van der Waals surface area contributed by atoms with Gasteiger partial charge in [-0.15, -0.1) is 0 Å². The third-order valence-electron chi connectivity index (χ3n) is 6.41. The number of carboxylic acid groups (broad SMARTS) is 1. The van der Waals surface area contributed by atoms with Gasteiger partial charge in [-0.3, -0.25) is 4.79 Å². The molecule has 6 heteroatoms. The number of benzene rings is 3. The second-order valence-electron chi connectivity index (χ2n) is 9.76. The molecule has 4 aromatic rings. The molecule has 1 aromatic heterocycles. The van der Waals surface area contributed by atoms with Gasteiger partial charge in [0, 0.05) is 17.4 Å². The molecule has 0 aliphatic rings. The monoisotopic (exact) mass is 531 g/mol. The molecule has 0 spiro atoms. The van der Waals surface area contributed by atoms with E-state index in [1.54, 1.807) is 0 Å². The number of unbranched alkanes of at least 4 members (excludes halogenated alkanes) is 1. The van der Waals surface area contributed by atoms with Gasteiger partial charge < -0.3 is 19.1 Å². The minimum Gasteiger partial charge on any atom is -0.493 e. The van der Waals surface area contributed by atoms with Crippen LogP contribution in [0, 0.1) is 13.8 Å². The molecule has 0 amide bonds. The molecule has 39 heavy (non-hydrogen) atoms. The van der Waals surface area contributed by atoms with E-state index in [4.69, 9.17) is 19.1 Å². The Labute approximate surface area is 231 Å². The number of aromatic nitrogens is 1. The van der Waals surface area contributed by atoms with Crippen LogP contribution in [0.4, 0.5) is 0 Å². The van der Waals surface area contributed by atoms with Gasteiger partial charge in [0.25, 0.3) is 0 Å². The van der Waals surface area contributed by atoms with Crippen molar-refractivity contribution in [2.75, 3.05) is 13.2 Å². The van der Waals surface area contributed by atoms with Crippen LogP contribution in [0.1, 0.15) is 67.5 Å². The van der Waals surface area contributed by atoms with Gasteiger partial charge in [0.15, 0.2) is 5.58 Å². The molecule has 0 atom stereocenters. The summed E-state index contributed by atoms with van der Waals surface area (Å²) < 4.78 is 17.6. The maximum absolute atomic E-state index is 11.0. The Kier molecular flexibility index (Phi) is 11.9. The SMILES string of the molecule is CCCCc1cc(CC(=O)O)ccc1OCCCOc1ccc2c(C)noc2c1CCC.Cc1ccccc1. The molecule has 0 fully saturated rings. The predicted molar refractivity (Wildman–Crippen MR) is 156 cm³/mol. The fraction of sp³-hybridized carbons (Fsp3) is 0.394. The van der Waals surface area contributed by atoms with E-state index in [1.165, 1.54) is 5.56 Å². The van der Waals surface area contributed by atoms with Gasteiger partial charge in [-0.25, -0.2) is 0 Å². The van der Waals surface area contributed by atoms with E-state index in [0.29, 0.717) is 13.2 Å². The molecule has 0 aliphatic carbocycles. The molecule has 1 N–H and O–H groups in total. The fourth-order valence-corrected chi connectivity index (χ4v) is 4.36. The zero-order valence-corrected chi connectivity index (χ0v) is 23.7. The van der Waals surface area contributed by atoms with E-state index in [1.807, 2.05) is 55.5 Å². The number of carbonyl (C=O) groups is 1. The minimum atomic E-state index is -0.821. The first-order chi connectivity index (χ1) is 18.9. The lowest BCUT2D eigenvalue weighted by atomic mass is 10.0. The molecule has 0 unspecified atom stereocenters. The van der Waals surface area contributed by atoms with Gasteiger partial charge in [0.2, 0.25) is 0 Å². The minimum absolute atomic E-state index is 0.0302. The molecule has 3 aromatic carbocycles. The number of ether oxygens (including phenoxy) is 2. The highest BCUT2D eigenvalue weighted by atomic mass is 16.5. The summed E-state index contributed by atoms with van der Waals surface area (Å²) in [5.74, 6) is 0.855. The van der Waals surface area contributed by atoms with Crippen LogP contribution in [0.25, 0.3) is 11.0 Å². The molecule has 0 radical (unpaired) electrons. The third kappa shape index (κ3) is 9.17. The number of aliphatic carboxylic acids is 1. The van der Waals surface area contributed by atoms with Gasteiger partial charge >= 0.3 is 5.97 Å². The van der Waals surface area contributed by atoms with Gasteiger partial charge in [0.05, 0.1) is 25.3 Å². The lowest BCUT2D eigenvalue weighted by Gasteiger charge is -2.14. The predicted octanol–water partition coefficient (Wildman–Crippen LogP) is 7.90. The standard InChI is InChI=1S/C26H33NO5.C7H8/c1-4-6-9-20-16-19(17-25(28)29)10-12-23(20)30-14-7-15-31-24-13-11-21-18(3)27-32-26(21)22(24)8-5-2;1-7-5-3-2-4-6-7/h10-13,16H,4-9,14-15,17H2,1-3H3,(H,28,29);2-6H,1H3. The van der Waals surface area contributed by atoms with E-state index >= 15 is 0 Å². The van der Waals surface area contributed by atoms with Crippen molar-refractivity contribution < 1.29 is 23.9 Å². The summed E-state index contributed by atoms with van der Waals surface area (Å²) in [5, 5.41) is 14.2. The van der Waals surface area contributed by atoms with Crippen molar-refractivity contribution >= 4 is 16.9 Å². The lowest BCUT2D eigenvalue weighted by Crippen LogP contribution is -2.08. The molecule has 0 aliphatic heterocycles. The van der Waals surface area contributed by atoms with Crippen molar-refractivity contribution in [3.05, 3.63) is 88.6 Å². The van der Waals surface area contributed by atoms with E-state index < -0.39 is 5.97 Å². The summed E-state index contributed by atoms with van der Waals surface area (Å²) >= 11 is 0. The molecule has 4 rings (SSSR count). The number of hydrogen-bond acceptors (Lipinski definition) is 5. The molecular formula is C33H41NO5. The van der Waals surface area contributed by atoms with Crippen molar-refractivity contribution in [1.82, 2.24) is 5.16 Å². The van der Waals surface area contributed by atoms with Crippen LogP contribution in [0.2, 0.25) is 0 Å². The summed E-state index contributed by atoms with van der Waals surface area (Å²) in [5.41, 5.74) is 5.99. The van der Waals surface area contributed by atoms with E-state index in [0.717, 1.165) is 83.4 Å². The Morgan fingerprint density at radius 3 is 2.23 bits per heavy atom. The zero-order chi connectivity index (χ0) is 28.0. The van der Waals surface area contributed by atoms with Crippen molar-refractivity contribution in [2.45, 2.75) is 72.6 Å². The molecule has 1 heterocycles. The average Bonchev–Trinajstić information content (AvgIpc) is 3.30. The van der Waals surface area contributed by atoms with Crippen LogP contribution in [0.5, 0.6) is 11.5 Å². The molecule has 208 valence electrons. The second kappa shape index (κ2) is 15.6. The quantitative estimate of drug-likeness (QED) is 0.177. The molecule has 0 saturated carbocycles. The van der Waals surface area contributed by atoms with Crippen LogP contribution in [-0.4, -0.2) is 29.4 Å². The smallest absolute Gasteiger partial charge is 0.307 e. The largest absolute Gasteiger partial charge is 0.493 e. The summed E-state index contributed by atoms with van der Waals surface area (Å²) in [6, 6.07) is 20.0. The number of nitrogens with zero attached hydrogens (tertiary/aromatic N) is 1. The fourth-order valence-electron chi connectivity index (χ4n) is 4.36. The van der Waals surface area contributed by atoms with E-state index in [-0.39, 0.29) is 6.42 Å². The van der Waals surface area contributed by atoms with Crippen LogP contribution in [0.15, 0.2) is 65.2 Å². The number of aryl methyl sites for hydroxylation is 4. The summed E-state index contributed by atoms with van der Waals surface area (Å²) in [6.45, 7) is 9.38. The molecule has 0 bridgehead atoms. The molecule has 0 saturated heterocycles. The number of rotatable bonds is 13.